The van der Waals surface area contributed by atoms with Crippen molar-refractivity contribution in [2.45, 2.75) is 19.6 Å². The van der Waals surface area contributed by atoms with Crippen LogP contribution in [0, 0.1) is 0 Å². The van der Waals surface area contributed by atoms with Crippen molar-refractivity contribution >= 4 is 21.8 Å². The molecule has 0 saturated carbocycles. The molecule has 0 aliphatic heterocycles. The molecule has 1 aromatic carbocycles. The van der Waals surface area contributed by atoms with Gasteiger partial charge in [0.05, 0.1) is 12.2 Å². The minimum absolute atomic E-state index is 0.171. The number of benzene rings is 1. The third kappa shape index (κ3) is 4.35. The van der Waals surface area contributed by atoms with Crippen LogP contribution in [-0.4, -0.2) is 17.0 Å². The molecule has 1 amide bonds. The minimum Gasteiger partial charge on any atom is -0.481 e. The SMILES string of the molecule is C[C@@H](Oc1cccc(Br)c1)C(=O)NCc1ccccn1. The van der Waals surface area contributed by atoms with Crippen molar-refractivity contribution in [1.29, 1.82) is 0 Å². The molecule has 4 nitrogen and oxygen atoms in total. The largest absolute Gasteiger partial charge is 0.481 e. The van der Waals surface area contributed by atoms with Crippen LogP contribution in [0.2, 0.25) is 0 Å². The second-order valence-electron chi connectivity index (χ2n) is 4.26. The van der Waals surface area contributed by atoms with Gasteiger partial charge in [-0.2, -0.15) is 0 Å². The van der Waals surface area contributed by atoms with E-state index in [9.17, 15) is 4.79 Å². The number of ether oxygens (including phenoxy) is 1. The molecular formula is C15H15BrN2O2. The highest BCUT2D eigenvalue weighted by Crippen LogP contribution is 2.18. The average molecular weight is 335 g/mol. The van der Waals surface area contributed by atoms with Crippen molar-refractivity contribution in [2.75, 3.05) is 0 Å². The highest BCUT2D eigenvalue weighted by atomic mass is 79.9. The molecule has 0 bridgehead atoms. The fourth-order valence-electron chi connectivity index (χ4n) is 1.62. The van der Waals surface area contributed by atoms with Crippen molar-refractivity contribution < 1.29 is 9.53 Å². The third-order valence-corrected chi connectivity index (χ3v) is 3.14. The summed E-state index contributed by atoms with van der Waals surface area (Å²) in [4.78, 5) is 16.1. The van der Waals surface area contributed by atoms with Crippen LogP contribution in [0.25, 0.3) is 0 Å². The predicted molar refractivity (Wildman–Crippen MR) is 80.3 cm³/mol. The molecular weight excluding hydrogens is 320 g/mol. The Hall–Kier alpha value is -1.88. The van der Waals surface area contributed by atoms with E-state index in [4.69, 9.17) is 4.74 Å². The summed E-state index contributed by atoms with van der Waals surface area (Å²) in [6.07, 6.45) is 1.14. The lowest BCUT2D eigenvalue weighted by molar-refractivity contribution is -0.127. The van der Waals surface area contributed by atoms with Gasteiger partial charge in [-0.1, -0.05) is 28.1 Å². The van der Waals surface area contributed by atoms with E-state index in [0.717, 1.165) is 10.2 Å². The summed E-state index contributed by atoms with van der Waals surface area (Å²) >= 11 is 3.36. The molecule has 20 heavy (non-hydrogen) atoms. The van der Waals surface area contributed by atoms with E-state index in [0.29, 0.717) is 12.3 Å². The molecule has 1 heterocycles. The van der Waals surface area contributed by atoms with Gasteiger partial charge in [0, 0.05) is 10.7 Å². The summed E-state index contributed by atoms with van der Waals surface area (Å²) in [7, 11) is 0. The number of rotatable bonds is 5. The molecule has 0 aliphatic carbocycles. The average Bonchev–Trinajstić information content (AvgIpc) is 2.46. The van der Waals surface area contributed by atoms with Gasteiger partial charge in [-0.15, -0.1) is 0 Å². The maximum absolute atomic E-state index is 11.9. The zero-order chi connectivity index (χ0) is 14.4. The first kappa shape index (κ1) is 14.5. The second-order valence-corrected chi connectivity index (χ2v) is 5.17. The van der Waals surface area contributed by atoms with Crippen molar-refractivity contribution in [2.24, 2.45) is 0 Å². The minimum atomic E-state index is -0.562. The molecule has 1 aromatic heterocycles. The van der Waals surface area contributed by atoms with Crippen LogP contribution in [0.15, 0.2) is 53.1 Å². The van der Waals surface area contributed by atoms with E-state index in [1.165, 1.54) is 0 Å². The van der Waals surface area contributed by atoms with Gasteiger partial charge in [0.25, 0.3) is 5.91 Å². The number of pyridine rings is 1. The van der Waals surface area contributed by atoms with E-state index in [1.807, 2.05) is 42.5 Å². The molecule has 0 aliphatic rings. The number of nitrogens with zero attached hydrogens (tertiary/aromatic N) is 1. The van der Waals surface area contributed by atoms with Crippen LogP contribution in [0.4, 0.5) is 0 Å². The molecule has 0 saturated heterocycles. The standard InChI is InChI=1S/C15H15BrN2O2/c1-11(20-14-7-4-5-12(16)9-14)15(19)18-10-13-6-2-3-8-17-13/h2-9,11H,10H2,1H3,(H,18,19)/t11-/m1/s1. The Morgan fingerprint density at radius 1 is 1.35 bits per heavy atom. The van der Waals surface area contributed by atoms with Gasteiger partial charge in [0.1, 0.15) is 5.75 Å². The van der Waals surface area contributed by atoms with Crippen molar-refractivity contribution in [3.05, 3.63) is 58.8 Å². The van der Waals surface area contributed by atoms with Crippen molar-refractivity contribution in [3.63, 3.8) is 0 Å². The Morgan fingerprint density at radius 3 is 2.90 bits per heavy atom. The van der Waals surface area contributed by atoms with Gasteiger partial charge in [0.2, 0.25) is 0 Å². The number of aromatic nitrogens is 1. The van der Waals surface area contributed by atoms with Gasteiger partial charge < -0.3 is 10.1 Å². The van der Waals surface area contributed by atoms with E-state index in [-0.39, 0.29) is 5.91 Å². The zero-order valence-electron chi connectivity index (χ0n) is 11.0. The monoisotopic (exact) mass is 334 g/mol. The molecule has 104 valence electrons. The molecule has 2 rings (SSSR count). The van der Waals surface area contributed by atoms with Gasteiger partial charge in [-0.3, -0.25) is 9.78 Å². The van der Waals surface area contributed by atoms with Gasteiger partial charge >= 0.3 is 0 Å². The van der Waals surface area contributed by atoms with Crippen molar-refractivity contribution in [1.82, 2.24) is 10.3 Å². The fourth-order valence-corrected chi connectivity index (χ4v) is 2.00. The van der Waals surface area contributed by atoms with Gasteiger partial charge in [-0.25, -0.2) is 0 Å². The topological polar surface area (TPSA) is 51.2 Å². The summed E-state index contributed by atoms with van der Waals surface area (Å²) in [5.41, 5.74) is 0.815. The summed E-state index contributed by atoms with van der Waals surface area (Å²) < 4.78 is 6.50. The Kier molecular flexibility index (Phi) is 5.12. The Morgan fingerprint density at radius 2 is 2.20 bits per heavy atom. The van der Waals surface area contributed by atoms with Crippen LogP contribution in [0.1, 0.15) is 12.6 Å². The number of hydrogen-bond donors (Lipinski definition) is 1. The molecule has 1 atom stereocenters. The third-order valence-electron chi connectivity index (χ3n) is 2.65. The van der Waals surface area contributed by atoms with Crippen molar-refractivity contribution in [3.8, 4) is 5.75 Å². The molecule has 0 spiro atoms. The first-order valence-electron chi connectivity index (χ1n) is 6.25. The van der Waals surface area contributed by atoms with Crippen LogP contribution in [0.5, 0.6) is 5.75 Å². The lowest BCUT2D eigenvalue weighted by Gasteiger charge is -2.14. The Labute approximate surface area is 126 Å². The highest BCUT2D eigenvalue weighted by molar-refractivity contribution is 9.10. The molecule has 0 radical (unpaired) electrons. The lowest BCUT2D eigenvalue weighted by atomic mass is 10.3. The first-order chi connectivity index (χ1) is 9.65. The van der Waals surface area contributed by atoms with Gasteiger partial charge in [0.15, 0.2) is 6.10 Å². The van der Waals surface area contributed by atoms with Crippen LogP contribution in [0.3, 0.4) is 0 Å². The molecule has 0 unspecified atom stereocenters. The zero-order valence-corrected chi connectivity index (χ0v) is 12.6. The van der Waals surface area contributed by atoms with E-state index < -0.39 is 6.10 Å². The normalized spacial score (nSPS) is 11.7. The Balaban J connectivity index is 1.86. The predicted octanol–water partition coefficient (Wildman–Crippen LogP) is 2.93. The van der Waals surface area contributed by atoms with Crippen LogP contribution in [-0.2, 0) is 11.3 Å². The Bertz CT molecular complexity index is 575. The summed E-state index contributed by atoms with van der Waals surface area (Å²) in [5, 5.41) is 2.80. The number of hydrogen-bond acceptors (Lipinski definition) is 3. The van der Waals surface area contributed by atoms with E-state index >= 15 is 0 Å². The van der Waals surface area contributed by atoms with Crippen LogP contribution >= 0.6 is 15.9 Å². The smallest absolute Gasteiger partial charge is 0.261 e. The number of carbonyl (C=O) groups excluding carboxylic acids is 1. The summed E-state index contributed by atoms with van der Waals surface area (Å²) in [6, 6.07) is 13.0. The number of carbonyl (C=O) groups is 1. The summed E-state index contributed by atoms with van der Waals surface area (Å²) in [5.74, 6) is 0.482. The summed E-state index contributed by atoms with van der Waals surface area (Å²) in [6.45, 7) is 2.11. The molecule has 0 fully saturated rings. The highest BCUT2D eigenvalue weighted by Gasteiger charge is 2.14. The quantitative estimate of drug-likeness (QED) is 0.914. The van der Waals surface area contributed by atoms with Crippen LogP contribution < -0.4 is 10.1 Å². The number of nitrogens with one attached hydrogen (secondary N) is 1. The molecule has 5 heteroatoms. The molecule has 1 N–H and O–H groups in total. The first-order valence-corrected chi connectivity index (χ1v) is 7.04. The van der Waals surface area contributed by atoms with E-state index in [2.05, 4.69) is 26.2 Å². The number of amides is 1. The fraction of sp³-hybridized carbons (Fsp3) is 0.200. The second kappa shape index (κ2) is 7.05. The van der Waals surface area contributed by atoms with Gasteiger partial charge in [-0.05, 0) is 37.3 Å². The number of halogens is 1. The lowest BCUT2D eigenvalue weighted by Crippen LogP contribution is -2.36. The molecule has 2 aromatic rings. The maximum Gasteiger partial charge on any atom is 0.261 e. The van der Waals surface area contributed by atoms with E-state index in [1.54, 1.807) is 13.1 Å². The maximum atomic E-state index is 11.9.